The van der Waals surface area contributed by atoms with Crippen molar-refractivity contribution in [3.05, 3.63) is 53.3 Å². The van der Waals surface area contributed by atoms with Gasteiger partial charge in [-0.2, -0.15) is 5.10 Å². The standard InChI is InChI=1S/C21H26N4O3/c26-20(13-16-5-2-1-3-6-16)25-8-4-7-17(15-25)18-14-19(23-22-18)21(27)24-9-11-28-12-10-24/h1-3,5-6,14,17H,4,7-13,15H2,(H,22,23)/t17-/m1/s1. The predicted molar refractivity (Wildman–Crippen MR) is 104 cm³/mol. The minimum Gasteiger partial charge on any atom is -0.378 e. The molecule has 0 bridgehead atoms. The maximum atomic E-state index is 12.7. The average Bonchev–Trinajstić information content (AvgIpc) is 3.25. The molecule has 0 saturated carbocycles. The number of amides is 2. The molecule has 0 unspecified atom stereocenters. The lowest BCUT2D eigenvalue weighted by Crippen LogP contribution is -2.40. The minimum absolute atomic E-state index is 0.0568. The van der Waals surface area contributed by atoms with Crippen LogP contribution in [0.1, 0.15) is 40.5 Å². The van der Waals surface area contributed by atoms with E-state index < -0.39 is 0 Å². The van der Waals surface area contributed by atoms with E-state index in [4.69, 9.17) is 4.74 Å². The van der Waals surface area contributed by atoms with Crippen LogP contribution < -0.4 is 0 Å². The molecule has 7 nitrogen and oxygen atoms in total. The molecule has 2 aliphatic rings. The molecule has 1 atom stereocenters. The summed E-state index contributed by atoms with van der Waals surface area (Å²) in [4.78, 5) is 29.0. The topological polar surface area (TPSA) is 78.5 Å². The first-order valence-electron chi connectivity index (χ1n) is 9.95. The number of nitrogens with zero attached hydrogens (tertiary/aromatic N) is 3. The van der Waals surface area contributed by atoms with E-state index in [1.165, 1.54) is 0 Å². The van der Waals surface area contributed by atoms with Crippen molar-refractivity contribution in [3.63, 3.8) is 0 Å². The van der Waals surface area contributed by atoms with Crippen molar-refractivity contribution in [3.8, 4) is 0 Å². The highest BCUT2D eigenvalue weighted by Gasteiger charge is 2.28. The number of ether oxygens (including phenoxy) is 1. The number of likely N-dealkylation sites (tertiary alicyclic amines) is 1. The van der Waals surface area contributed by atoms with Crippen LogP contribution in [-0.4, -0.2) is 71.2 Å². The normalized spacial score (nSPS) is 20.2. The number of rotatable bonds is 4. The number of carbonyl (C=O) groups is 2. The number of H-pyrrole nitrogens is 1. The van der Waals surface area contributed by atoms with Crippen LogP contribution in [0.15, 0.2) is 36.4 Å². The number of hydrogen-bond acceptors (Lipinski definition) is 4. The second-order valence-electron chi connectivity index (χ2n) is 7.45. The van der Waals surface area contributed by atoms with Crippen molar-refractivity contribution in [2.45, 2.75) is 25.2 Å². The molecule has 7 heteroatoms. The lowest BCUT2D eigenvalue weighted by atomic mass is 9.94. The number of benzene rings is 1. The molecule has 2 fully saturated rings. The van der Waals surface area contributed by atoms with Crippen LogP contribution in [0.5, 0.6) is 0 Å². The molecule has 3 heterocycles. The third-order valence-corrected chi connectivity index (χ3v) is 5.53. The van der Waals surface area contributed by atoms with Crippen molar-refractivity contribution in [2.24, 2.45) is 0 Å². The number of aromatic amines is 1. The van der Waals surface area contributed by atoms with E-state index in [0.29, 0.717) is 45.0 Å². The van der Waals surface area contributed by atoms with Crippen LogP contribution in [0.3, 0.4) is 0 Å². The van der Waals surface area contributed by atoms with Gasteiger partial charge in [0.1, 0.15) is 5.69 Å². The maximum Gasteiger partial charge on any atom is 0.274 e. The van der Waals surface area contributed by atoms with Gasteiger partial charge >= 0.3 is 0 Å². The zero-order chi connectivity index (χ0) is 19.3. The predicted octanol–water partition coefficient (Wildman–Crippen LogP) is 1.83. The van der Waals surface area contributed by atoms with Gasteiger partial charge in [0.25, 0.3) is 5.91 Å². The molecule has 1 aromatic heterocycles. The molecule has 4 rings (SSSR count). The molecular formula is C21H26N4O3. The number of piperidine rings is 1. The Morgan fingerprint density at radius 3 is 2.68 bits per heavy atom. The van der Waals surface area contributed by atoms with E-state index in [1.807, 2.05) is 41.3 Å². The van der Waals surface area contributed by atoms with E-state index in [0.717, 1.165) is 30.6 Å². The molecule has 2 aromatic rings. The molecular weight excluding hydrogens is 356 g/mol. The molecule has 2 saturated heterocycles. The Hall–Kier alpha value is -2.67. The van der Waals surface area contributed by atoms with Gasteiger partial charge in [0.2, 0.25) is 5.91 Å². The number of carbonyl (C=O) groups excluding carboxylic acids is 2. The van der Waals surface area contributed by atoms with Gasteiger partial charge in [-0.05, 0) is 24.5 Å². The third-order valence-electron chi connectivity index (χ3n) is 5.53. The summed E-state index contributed by atoms with van der Waals surface area (Å²) in [6, 6.07) is 11.7. The first-order valence-corrected chi connectivity index (χ1v) is 9.95. The van der Waals surface area contributed by atoms with Crippen LogP contribution in [0.2, 0.25) is 0 Å². The average molecular weight is 382 g/mol. The van der Waals surface area contributed by atoms with Crippen molar-refractivity contribution >= 4 is 11.8 Å². The second kappa shape index (κ2) is 8.56. The Morgan fingerprint density at radius 2 is 1.89 bits per heavy atom. The van der Waals surface area contributed by atoms with Gasteiger partial charge in [-0.3, -0.25) is 14.7 Å². The highest BCUT2D eigenvalue weighted by Crippen LogP contribution is 2.26. The summed E-state index contributed by atoms with van der Waals surface area (Å²) in [6.07, 6.45) is 2.37. The van der Waals surface area contributed by atoms with Crippen molar-refractivity contribution < 1.29 is 14.3 Å². The van der Waals surface area contributed by atoms with Gasteiger partial charge in [-0.15, -0.1) is 0 Å². The summed E-state index contributed by atoms with van der Waals surface area (Å²) >= 11 is 0. The second-order valence-corrected chi connectivity index (χ2v) is 7.45. The summed E-state index contributed by atoms with van der Waals surface area (Å²) in [5.41, 5.74) is 2.42. The summed E-state index contributed by atoms with van der Waals surface area (Å²) in [7, 11) is 0. The van der Waals surface area contributed by atoms with Gasteiger partial charge < -0.3 is 14.5 Å². The molecule has 1 N–H and O–H groups in total. The smallest absolute Gasteiger partial charge is 0.274 e. The first kappa shape index (κ1) is 18.7. The van der Waals surface area contributed by atoms with Crippen LogP contribution in [-0.2, 0) is 16.0 Å². The Kier molecular flexibility index (Phi) is 5.71. The molecule has 28 heavy (non-hydrogen) atoms. The lowest BCUT2D eigenvalue weighted by molar-refractivity contribution is -0.131. The number of morpholine rings is 1. The van der Waals surface area contributed by atoms with E-state index in [9.17, 15) is 9.59 Å². The van der Waals surface area contributed by atoms with Crippen LogP contribution >= 0.6 is 0 Å². The Bertz CT molecular complexity index is 814. The zero-order valence-corrected chi connectivity index (χ0v) is 16.0. The van der Waals surface area contributed by atoms with Crippen molar-refractivity contribution in [2.75, 3.05) is 39.4 Å². The Balaban J connectivity index is 1.38. The minimum atomic E-state index is -0.0568. The monoisotopic (exact) mass is 382 g/mol. The molecule has 2 aliphatic heterocycles. The van der Waals surface area contributed by atoms with Crippen molar-refractivity contribution in [1.82, 2.24) is 20.0 Å². The molecule has 2 amide bonds. The van der Waals surface area contributed by atoms with Gasteiger partial charge in [-0.1, -0.05) is 30.3 Å². The van der Waals surface area contributed by atoms with Crippen LogP contribution in [0, 0.1) is 0 Å². The van der Waals surface area contributed by atoms with E-state index >= 15 is 0 Å². The van der Waals surface area contributed by atoms with Gasteiger partial charge in [-0.25, -0.2) is 0 Å². The molecule has 1 aromatic carbocycles. The quantitative estimate of drug-likeness (QED) is 0.875. The fraction of sp³-hybridized carbons (Fsp3) is 0.476. The van der Waals surface area contributed by atoms with Gasteiger partial charge in [0, 0.05) is 37.8 Å². The van der Waals surface area contributed by atoms with Gasteiger partial charge in [0.15, 0.2) is 0 Å². The molecule has 0 aliphatic carbocycles. The summed E-state index contributed by atoms with van der Waals surface area (Å²) in [5, 5.41) is 7.28. The molecule has 0 radical (unpaired) electrons. The van der Waals surface area contributed by atoms with E-state index in [2.05, 4.69) is 10.2 Å². The third kappa shape index (κ3) is 4.25. The molecule has 148 valence electrons. The highest BCUT2D eigenvalue weighted by atomic mass is 16.5. The SMILES string of the molecule is O=C(Cc1ccccc1)N1CCC[C@@H](c2cc(C(=O)N3CCOCC3)n[nH]2)C1. The largest absolute Gasteiger partial charge is 0.378 e. The lowest BCUT2D eigenvalue weighted by Gasteiger charge is -2.32. The van der Waals surface area contributed by atoms with Gasteiger partial charge in [0.05, 0.1) is 19.6 Å². The number of hydrogen-bond donors (Lipinski definition) is 1. The fourth-order valence-electron chi connectivity index (χ4n) is 3.92. The molecule has 0 spiro atoms. The maximum absolute atomic E-state index is 12.7. The van der Waals surface area contributed by atoms with Crippen LogP contribution in [0.25, 0.3) is 0 Å². The van der Waals surface area contributed by atoms with E-state index in [1.54, 1.807) is 4.90 Å². The first-order chi connectivity index (χ1) is 13.7. The Morgan fingerprint density at radius 1 is 1.11 bits per heavy atom. The summed E-state index contributed by atoms with van der Waals surface area (Å²) in [6.45, 7) is 3.81. The highest BCUT2D eigenvalue weighted by molar-refractivity contribution is 5.92. The zero-order valence-electron chi connectivity index (χ0n) is 16.0. The van der Waals surface area contributed by atoms with E-state index in [-0.39, 0.29) is 17.7 Å². The summed E-state index contributed by atoms with van der Waals surface area (Å²) in [5.74, 6) is 0.283. The fourth-order valence-corrected chi connectivity index (χ4v) is 3.92. The number of aromatic nitrogens is 2. The van der Waals surface area contributed by atoms with Crippen molar-refractivity contribution in [1.29, 1.82) is 0 Å². The number of nitrogens with one attached hydrogen (secondary N) is 1. The summed E-state index contributed by atoms with van der Waals surface area (Å²) < 4.78 is 5.30. The van der Waals surface area contributed by atoms with Crippen LogP contribution in [0.4, 0.5) is 0 Å². The Labute approximate surface area is 164 Å².